The van der Waals surface area contributed by atoms with Crippen LogP contribution in [-0.4, -0.2) is 16.1 Å². The Balaban J connectivity index is 2.23. The van der Waals surface area contributed by atoms with Crippen LogP contribution in [0.1, 0.15) is 29.7 Å². The number of hydrogen-bond donors (Lipinski definition) is 1. The van der Waals surface area contributed by atoms with Gasteiger partial charge in [0, 0.05) is 12.2 Å². The summed E-state index contributed by atoms with van der Waals surface area (Å²) in [5, 5.41) is 9.10. The maximum Gasteiger partial charge on any atom is 0.122 e. The zero-order chi connectivity index (χ0) is 12.4. The molecule has 2 N–H and O–H groups in total. The second-order valence-corrected chi connectivity index (χ2v) is 5.97. The number of nitriles is 1. The van der Waals surface area contributed by atoms with Crippen LogP contribution in [0.15, 0.2) is 0 Å². The minimum atomic E-state index is 0.653. The van der Waals surface area contributed by atoms with Gasteiger partial charge < -0.3 is 10.3 Å². The number of anilines is 1. The summed E-state index contributed by atoms with van der Waals surface area (Å²) in [5.74, 6) is 3.89. The summed E-state index contributed by atoms with van der Waals surface area (Å²) in [5.41, 5.74) is 8.92. The summed E-state index contributed by atoms with van der Waals surface area (Å²) in [6, 6.07) is 2.21. The van der Waals surface area contributed by atoms with Crippen LogP contribution in [0.4, 0.5) is 5.82 Å². The van der Waals surface area contributed by atoms with Crippen molar-refractivity contribution in [2.45, 2.75) is 33.2 Å². The number of rotatable bonds is 2. The SMILES string of the molecule is Cc1c(C#N)c(N)n(CC2CCSCC2)c1C. The Morgan fingerprint density at radius 3 is 2.59 bits per heavy atom. The van der Waals surface area contributed by atoms with E-state index in [1.54, 1.807) is 0 Å². The first-order valence-electron chi connectivity index (χ1n) is 6.08. The van der Waals surface area contributed by atoms with Crippen molar-refractivity contribution >= 4 is 17.6 Å². The number of hydrogen-bond acceptors (Lipinski definition) is 3. The Hall–Kier alpha value is -1.08. The highest BCUT2D eigenvalue weighted by atomic mass is 32.2. The van der Waals surface area contributed by atoms with Crippen molar-refractivity contribution in [3.63, 3.8) is 0 Å². The van der Waals surface area contributed by atoms with E-state index in [2.05, 4.69) is 17.6 Å². The van der Waals surface area contributed by atoms with Crippen LogP contribution in [0, 0.1) is 31.1 Å². The lowest BCUT2D eigenvalue weighted by Crippen LogP contribution is -2.18. The second-order valence-electron chi connectivity index (χ2n) is 4.75. The summed E-state index contributed by atoms with van der Waals surface area (Å²) in [6.45, 7) is 5.02. The molecule has 1 fully saturated rings. The van der Waals surface area contributed by atoms with Crippen molar-refractivity contribution in [1.82, 2.24) is 4.57 Å². The highest BCUT2D eigenvalue weighted by Gasteiger charge is 2.19. The summed E-state index contributed by atoms with van der Waals surface area (Å²) < 4.78 is 2.13. The monoisotopic (exact) mass is 249 g/mol. The Morgan fingerprint density at radius 2 is 2.06 bits per heavy atom. The first kappa shape index (κ1) is 12.4. The van der Waals surface area contributed by atoms with Crippen LogP contribution < -0.4 is 5.73 Å². The molecule has 0 aromatic carbocycles. The summed E-state index contributed by atoms with van der Waals surface area (Å²) in [7, 11) is 0. The van der Waals surface area contributed by atoms with E-state index < -0.39 is 0 Å². The third kappa shape index (κ3) is 2.30. The second kappa shape index (κ2) is 5.05. The standard InChI is InChI=1S/C13H19N3S/c1-9-10(2)16(13(15)12(9)7-14)8-11-3-5-17-6-4-11/h11H,3-6,8,15H2,1-2H3. The molecule has 2 rings (SSSR count). The molecular weight excluding hydrogens is 230 g/mol. The molecule has 1 aromatic heterocycles. The van der Waals surface area contributed by atoms with Gasteiger partial charge in [0.05, 0.1) is 5.56 Å². The van der Waals surface area contributed by atoms with E-state index in [0.717, 1.165) is 23.7 Å². The first-order chi connectivity index (χ1) is 8.15. The molecule has 2 heterocycles. The fraction of sp³-hybridized carbons (Fsp3) is 0.615. The lowest BCUT2D eigenvalue weighted by Gasteiger charge is -2.23. The maximum atomic E-state index is 9.10. The first-order valence-corrected chi connectivity index (χ1v) is 7.23. The van der Waals surface area contributed by atoms with Crippen LogP contribution in [0.5, 0.6) is 0 Å². The number of nitrogens with zero attached hydrogens (tertiary/aromatic N) is 2. The highest BCUT2D eigenvalue weighted by molar-refractivity contribution is 7.99. The smallest absolute Gasteiger partial charge is 0.122 e. The molecule has 92 valence electrons. The van der Waals surface area contributed by atoms with Gasteiger partial charge in [-0.05, 0) is 49.7 Å². The molecule has 3 nitrogen and oxygen atoms in total. The van der Waals surface area contributed by atoms with E-state index in [1.807, 2.05) is 18.7 Å². The van der Waals surface area contributed by atoms with Crippen LogP contribution in [0.3, 0.4) is 0 Å². The Bertz CT molecular complexity index is 450. The minimum absolute atomic E-state index is 0.653. The quantitative estimate of drug-likeness (QED) is 0.876. The van der Waals surface area contributed by atoms with E-state index in [-0.39, 0.29) is 0 Å². The van der Waals surface area contributed by atoms with Crippen molar-refractivity contribution in [3.8, 4) is 6.07 Å². The molecule has 4 heteroatoms. The van der Waals surface area contributed by atoms with Crippen LogP contribution in [0.2, 0.25) is 0 Å². The fourth-order valence-electron chi connectivity index (χ4n) is 2.45. The molecule has 0 aliphatic carbocycles. The molecule has 0 saturated carbocycles. The van der Waals surface area contributed by atoms with Crippen molar-refractivity contribution in [2.24, 2.45) is 5.92 Å². The van der Waals surface area contributed by atoms with Gasteiger partial charge in [0.15, 0.2) is 0 Å². The Morgan fingerprint density at radius 1 is 1.41 bits per heavy atom. The average molecular weight is 249 g/mol. The van der Waals surface area contributed by atoms with Gasteiger partial charge in [0.2, 0.25) is 0 Å². The van der Waals surface area contributed by atoms with E-state index in [4.69, 9.17) is 11.0 Å². The van der Waals surface area contributed by atoms with E-state index in [0.29, 0.717) is 11.4 Å². The third-order valence-electron chi connectivity index (χ3n) is 3.76. The zero-order valence-electron chi connectivity index (χ0n) is 10.5. The summed E-state index contributed by atoms with van der Waals surface area (Å²) in [6.07, 6.45) is 2.53. The molecule has 1 aliphatic rings. The largest absolute Gasteiger partial charge is 0.384 e. The summed E-state index contributed by atoms with van der Waals surface area (Å²) >= 11 is 2.04. The molecule has 1 aromatic rings. The number of thioether (sulfide) groups is 1. The van der Waals surface area contributed by atoms with Crippen molar-refractivity contribution in [3.05, 3.63) is 16.8 Å². The van der Waals surface area contributed by atoms with Gasteiger partial charge >= 0.3 is 0 Å². The zero-order valence-corrected chi connectivity index (χ0v) is 11.3. The van der Waals surface area contributed by atoms with Gasteiger partial charge in [-0.2, -0.15) is 17.0 Å². The van der Waals surface area contributed by atoms with Crippen LogP contribution >= 0.6 is 11.8 Å². The molecule has 0 amide bonds. The molecule has 0 unspecified atom stereocenters. The van der Waals surface area contributed by atoms with Crippen LogP contribution in [0.25, 0.3) is 0 Å². The third-order valence-corrected chi connectivity index (χ3v) is 4.81. The van der Waals surface area contributed by atoms with Gasteiger partial charge in [-0.15, -0.1) is 0 Å². The minimum Gasteiger partial charge on any atom is -0.384 e. The summed E-state index contributed by atoms with van der Waals surface area (Å²) in [4.78, 5) is 0. The predicted octanol–water partition coefficient (Wildman–Crippen LogP) is 2.70. The maximum absolute atomic E-state index is 9.10. The average Bonchev–Trinajstić information content (AvgIpc) is 2.55. The number of nitrogen functional groups attached to an aromatic ring is 1. The lowest BCUT2D eigenvalue weighted by molar-refractivity contribution is 0.416. The molecular formula is C13H19N3S. The number of nitrogens with two attached hydrogens (primary N) is 1. The van der Waals surface area contributed by atoms with Crippen molar-refractivity contribution in [2.75, 3.05) is 17.2 Å². The lowest BCUT2D eigenvalue weighted by atomic mass is 10.0. The van der Waals surface area contributed by atoms with Gasteiger partial charge in [-0.3, -0.25) is 0 Å². The van der Waals surface area contributed by atoms with E-state index >= 15 is 0 Å². The Kier molecular flexibility index (Phi) is 3.68. The van der Waals surface area contributed by atoms with Crippen molar-refractivity contribution in [1.29, 1.82) is 5.26 Å². The molecule has 0 spiro atoms. The predicted molar refractivity (Wildman–Crippen MR) is 73.1 cm³/mol. The molecule has 0 atom stereocenters. The van der Waals surface area contributed by atoms with Gasteiger partial charge in [-0.1, -0.05) is 0 Å². The van der Waals surface area contributed by atoms with E-state index in [1.165, 1.54) is 24.3 Å². The van der Waals surface area contributed by atoms with E-state index in [9.17, 15) is 0 Å². The molecule has 17 heavy (non-hydrogen) atoms. The fourth-order valence-corrected chi connectivity index (χ4v) is 3.66. The van der Waals surface area contributed by atoms with Gasteiger partial charge in [-0.25, -0.2) is 0 Å². The Labute approximate surface area is 107 Å². The van der Waals surface area contributed by atoms with Crippen LogP contribution in [-0.2, 0) is 6.54 Å². The topological polar surface area (TPSA) is 54.7 Å². The van der Waals surface area contributed by atoms with Crippen molar-refractivity contribution < 1.29 is 0 Å². The molecule has 0 radical (unpaired) electrons. The molecule has 1 saturated heterocycles. The van der Waals surface area contributed by atoms with Gasteiger partial charge in [0.1, 0.15) is 11.9 Å². The normalized spacial score (nSPS) is 17.0. The van der Waals surface area contributed by atoms with Gasteiger partial charge in [0.25, 0.3) is 0 Å². The molecule has 0 bridgehead atoms. The highest BCUT2D eigenvalue weighted by Crippen LogP contribution is 2.29. The molecule has 1 aliphatic heterocycles. The number of aromatic nitrogens is 1.